The predicted octanol–water partition coefficient (Wildman–Crippen LogP) is 4.69. The first-order valence-electron chi connectivity index (χ1n) is 10.0. The van der Waals surface area contributed by atoms with Crippen molar-refractivity contribution in [3.05, 3.63) is 64.6 Å². The summed E-state index contributed by atoms with van der Waals surface area (Å²) < 4.78 is 50.5. The highest BCUT2D eigenvalue weighted by Gasteiger charge is 2.62. The Bertz CT molecular complexity index is 1410. The van der Waals surface area contributed by atoms with E-state index in [9.17, 15) is 9.90 Å². The van der Waals surface area contributed by atoms with E-state index in [0.29, 0.717) is 11.1 Å². The van der Waals surface area contributed by atoms with E-state index >= 15 is 13.2 Å². The Hall–Kier alpha value is -3.84. The number of fused-ring (bicyclic) bond motifs is 2. The van der Waals surface area contributed by atoms with E-state index < -0.39 is 30.2 Å². The molecule has 0 fully saturated rings. The molecule has 0 aliphatic rings. The molecular formula is C23H19F3N4O3. The summed E-state index contributed by atoms with van der Waals surface area (Å²) in [5, 5.41) is 18.6. The largest absolute Gasteiger partial charge is 0.480 e. The number of aromatic nitrogens is 3. The molecule has 33 heavy (non-hydrogen) atoms. The topological polar surface area (TPSA) is 115 Å². The fourth-order valence-electron chi connectivity index (χ4n) is 4.21. The van der Waals surface area contributed by atoms with Crippen LogP contribution in [0.1, 0.15) is 35.0 Å². The maximum Gasteiger partial charge on any atom is 0.429 e. The van der Waals surface area contributed by atoms with E-state index in [1.807, 2.05) is 6.07 Å². The Kier molecular flexibility index (Phi) is 5.38. The van der Waals surface area contributed by atoms with Gasteiger partial charge >= 0.3 is 12.1 Å². The van der Waals surface area contributed by atoms with Gasteiger partial charge in [-0.3, -0.25) is 0 Å². The molecule has 0 saturated carbocycles. The summed E-state index contributed by atoms with van der Waals surface area (Å²) in [4.78, 5) is 21.1. The summed E-state index contributed by atoms with van der Waals surface area (Å²) in [5.74, 6) is -2.16. The van der Waals surface area contributed by atoms with Crippen molar-refractivity contribution in [2.24, 2.45) is 0 Å². The monoisotopic (exact) mass is 456 g/mol. The molecule has 2 aromatic carbocycles. The van der Waals surface area contributed by atoms with Crippen molar-refractivity contribution in [1.82, 2.24) is 15.0 Å². The lowest BCUT2D eigenvalue weighted by molar-refractivity contribution is -0.268. The molecule has 4 rings (SSSR count). The molecule has 1 atom stereocenters. The van der Waals surface area contributed by atoms with Gasteiger partial charge in [-0.05, 0) is 48.7 Å². The van der Waals surface area contributed by atoms with Gasteiger partial charge in [-0.1, -0.05) is 13.0 Å². The third-order valence-electron chi connectivity index (χ3n) is 5.61. The van der Waals surface area contributed by atoms with Crippen LogP contribution in [0.2, 0.25) is 0 Å². The summed E-state index contributed by atoms with van der Waals surface area (Å²) in [7, 11) is 0. The minimum atomic E-state index is -5.09. The molecule has 4 aromatic rings. The van der Waals surface area contributed by atoms with Gasteiger partial charge in [0, 0.05) is 22.7 Å². The van der Waals surface area contributed by atoms with Gasteiger partial charge in [0.1, 0.15) is 6.61 Å². The second-order valence-corrected chi connectivity index (χ2v) is 7.64. The number of H-pyrrole nitrogens is 2. The fraction of sp³-hybridized carbons (Fsp3) is 0.261. The number of aliphatic carboxylic acids is 1. The Morgan fingerprint density at radius 3 is 2.67 bits per heavy atom. The van der Waals surface area contributed by atoms with E-state index in [4.69, 9.17) is 10.00 Å². The van der Waals surface area contributed by atoms with Crippen LogP contribution in [-0.2, 0) is 21.6 Å². The first kappa shape index (κ1) is 22.4. The maximum atomic E-state index is 15.1. The van der Waals surface area contributed by atoms with E-state index in [2.05, 4.69) is 15.0 Å². The quantitative estimate of drug-likeness (QED) is 0.389. The number of hydrogen-bond acceptors (Lipinski definition) is 4. The van der Waals surface area contributed by atoms with Crippen molar-refractivity contribution in [3.8, 4) is 6.07 Å². The highest BCUT2D eigenvalue weighted by molar-refractivity contribution is 5.89. The lowest BCUT2D eigenvalue weighted by atomic mass is 9.83. The van der Waals surface area contributed by atoms with Crippen LogP contribution in [0, 0.1) is 18.3 Å². The molecule has 0 saturated heterocycles. The molecule has 170 valence electrons. The molecular weight excluding hydrogens is 437 g/mol. The lowest BCUT2D eigenvalue weighted by Crippen LogP contribution is -2.48. The first-order chi connectivity index (χ1) is 15.6. The summed E-state index contributed by atoms with van der Waals surface area (Å²) in [5.41, 5.74) is -1.23. The number of nitrogens with one attached hydrogen (secondary N) is 2. The number of benzene rings is 2. The summed E-state index contributed by atoms with van der Waals surface area (Å²) >= 11 is 0. The molecule has 2 heterocycles. The zero-order chi connectivity index (χ0) is 24.0. The van der Waals surface area contributed by atoms with Gasteiger partial charge < -0.3 is 19.8 Å². The van der Waals surface area contributed by atoms with Crippen molar-refractivity contribution in [2.45, 2.75) is 32.0 Å². The van der Waals surface area contributed by atoms with Crippen molar-refractivity contribution < 1.29 is 27.8 Å². The molecule has 0 radical (unpaired) electrons. The number of carboxylic acids is 1. The second kappa shape index (κ2) is 7.94. The molecule has 0 bridgehead atoms. The third-order valence-corrected chi connectivity index (χ3v) is 5.61. The molecule has 0 aliphatic heterocycles. The minimum absolute atomic E-state index is 0.132. The number of alkyl halides is 3. The number of carboxylic acid groups (broad SMARTS) is 1. The van der Waals surface area contributed by atoms with Crippen molar-refractivity contribution >= 4 is 27.9 Å². The standard InChI is InChI=1S/C23H19F3N4O3/c1-3-14-8-12(2)20-15(6-7-28-20)19(14)22(23(24,25)26,33-11-18(31)32)21-29-16-5-4-13(10-27)9-17(16)30-21/h4-9,28H,3,11H2,1-2H3,(H,29,30)(H,31,32). The average Bonchev–Trinajstić information content (AvgIpc) is 3.41. The number of imidazole rings is 1. The van der Waals surface area contributed by atoms with Crippen LogP contribution in [0.15, 0.2) is 36.5 Å². The molecule has 7 nitrogen and oxygen atoms in total. The number of hydrogen-bond donors (Lipinski definition) is 3. The van der Waals surface area contributed by atoms with E-state index in [1.54, 1.807) is 19.9 Å². The van der Waals surface area contributed by atoms with Gasteiger partial charge in [0.15, 0.2) is 5.82 Å². The van der Waals surface area contributed by atoms with E-state index in [-0.39, 0.29) is 34.0 Å². The van der Waals surface area contributed by atoms with Crippen molar-refractivity contribution in [2.75, 3.05) is 6.61 Å². The van der Waals surface area contributed by atoms with Crippen LogP contribution in [0.4, 0.5) is 13.2 Å². The highest BCUT2D eigenvalue weighted by atomic mass is 19.4. The number of nitrogens with zero attached hydrogens (tertiary/aromatic N) is 2. The number of ether oxygens (including phenoxy) is 1. The van der Waals surface area contributed by atoms with E-state index in [1.165, 1.54) is 30.5 Å². The zero-order valence-corrected chi connectivity index (χ0v) is 17.7. The minimum Gasteiger partial charge on any atom is -0.480 e. The van der Waals surface area contributed by atoms with E-state index in [0.717, 1.165) is 5.56 Å². The molecule has 2 aromatic heterocycles. The Morgan fingerprint density at radius 2 is 2.03 bits per heavy atom. The predicted molar refractivity (Wildman–Crippen MR) is 114 cm³/mol. The molecule has 1 unspecified atom stereocenters. The van der Waals surface area contributed by atoms with Crippen LogP contribution in [0.3, 0.4) is 0 Å². The third kappa shape index (κ3) is 3.50. The summed E-state index contributed by atoms with van der Waals surface area (Å²) in [6, 6.07) is 9.33. The van der Waals surface area contributed by atoms with Crippen LogP contribution < -0.4 is 0 Å². The summed E-state index contributed by atoms with van der Waals surface area (Å²) in [6.07, 6.45) is -3.32. The molecule has 0 spiro atoms. The maximum absolute atomic E-state index is 15.1. The Labute approximate surface area is 185 Å². The average molecular weight is 456 g/mol. The molecule has 3 N–H and O–H groups in total. The summed E-state index contributed by atoms with van der Waals surface area (Å²) in [6.45, 7) is 2.29. The highest BCUT2D eigenvalue weighted by Crippen LogP contribution is 2.50. The van der Waals surface area contributed by atoms with Gasteiger partial charge in [0.05, 0.1) is 22.7 Å². The number of rotatable bonds is 6. The Balaban J connectivity index is 2.14. The van der Waals surface area contributed by atoms with Crippen LogP contribution in [-0.4, -0.2) is 38.8 Å². The van der Waals surface area contributed by atoms with Gasteiger partial charge in [0.2, 0.25) is 5.60 Å². The number of carbonyl (C=O) groups is 1. The number of nitriles is 1. The first-order valence-corrected chi connectivity index (χ1v) is 10.0. The normalized spacial score (nSPS) is 13.8. The van der Waals surface area contributed by atoms with Gasteiger partial charge in [-0.2, -0.15) is 18.4 Å². The molecule has 0 amide bonds. The van der Waals surface area contributed by atoms with Crippen LogP contribution in [0.5, 0.6) is 0 Å². The molecule has 10 heteroatoms. The SMILES string of the molecule is CCc1cc(C)c2[nH]ccc2c1C(OCC(=O)O)(c1nc2cc(C#N)ccc2[nH]1)C(F)(F)F. The van der Waals surface area contributed by atoms with Gasteiger partial charge in [-0.15, -0.1) is 0 Å². The number of halogens is 3. The second-order valence-electron chi connectivity index (χ2n) is 7.64. The zero-order valence-electron chi connectivity index (χ0n) is 17.7. The number of aryl methyl sites for hydroxylation is 2. The number of aromatic amines is 2. The van der Waals surface area contributed by atoms with Crippen molar-refractivity contribution in [1.29, 1.82) is 5.26 Å². The Morgan fingerprint density at radius 1 is 1.27 bits per heavy atom. The van der Waals surface area contributed by atoms with Gasteiger partial charge in [0.25, 0.3) is 0 Å². The fourth-order valence-corrected chi connectivity index (χ4v) is 4.21. The lowest BCUT2D eigenvalue weighted by Gasteiger charge is -2.36. The smallest absolute Gasteiger partial charge is 0.429 e. The van der Waals surface area contributed by atoms with Crippen LogP contribution in [0.25, 0.3) is 21.9 Å². The van der Waals surface area contributed by atoms with Gasteiger partial charge in [-0.25, -0.2) is 9.78 Å². The van der Waals surface area contributed by atoms with Crippen molar-refractivity contribution in [3.63, 3.8) is 0 Å². The molecule has 0 aliphatic carbocycles. The van der Waals surface area contributed by atoms with Crippen LogP contribution >= 0.6 is 0 Å².